The van der Waals surface area contributed by atoms with E-state index >= 15 is 0 Å². The number of nitrogens with one attached hydrogen (secondary N) is 1. The molecule has 0 fully saturated rings. The number of aromatic nitrogens is 1. The van der Waals surface area contributed by atoms with Crippen LogP contribution in [0.4, 0.5) is 11.4 Å². The third-order valence-corrected chi connectivity index (χ3v) is 6.45. The molecule has 2 heterocycles. The van der Waals surface area contributed by atoms with E-state index in [1.807, 2.05) is 0 Å². The van der Waals surface area contributed by atoms with Gasteiger partial charge in [0, 0.05) is 11.6 Å². The van der Waals surface area contributed by atoms with Crippen LogP contribution in [-0.2, 0) is 24.3 Å². The van der Waals surface area contributed by atoms with Crippen molar-refractivity contribution in [3.05, 3.63) is 59.9 Å². The summed E-state index contributed by atoms with van der Waals surface area (Å²) < 4.78 is 31.6. The molecule has 0 spiro atoms. The maximum absolute atomic E-state index is 12.8. The second-order valence-electron chi connectivity index (χ2n) is 6.19. The lowest BCUT2D eigenvalue weighted by Gasteiger charge is -2.17. The van der Waals surface area contributed by atoms with Crippen LogP contribution in [0.15, 0.2) is 59.6 Å². The number of esters is 1. The van der Waals surface area contributed by atoms with Crippen molar-refractivity contribution in [2.24, 2.45) is 0 Å². The number of pyridine rings is 1. The highest BCUT2D eigenvalue weighted by molar-refractivity contribution is 7.93. The van der Waals surface area contributed by atoms with E-state index in [4.69, 9.17) is 16.3 Å². The molecule has 1 N–H and O–H groups in total. The minimum absolute atomic E-state index is 0.0983. The van der Waals surface area contributed by atoms with E-state index in [1.54, 1.807) is 42.5 Å². The van der Waals surface area contributed by atoms with Crippen molar-refractivity contribution in [3.63, 3.8) is 0 Å². The smallest absolute Gasteiger partial charge is 0.327 e. The van der Waals surface area contributed by atoms with E-state index in [2.05, 4.69) is 10.3 Å². The fourth-order valence-electron chi connectivity index (χ4n) is 3.10. The summed E-state index contributed by atoms with van der Waals surface area (Å²) >= 11 is 5.85. The van der Waals surface area contributed by atoms with Crippen LogP contribution in [0, 0.1) is 0 Å². The lowest BCUT2D eigenvalue weighted by atomic mass is 10.1. The summed E-state index contributed by atoms with van der Waals surface area (Å²) in [5, 5.41) is 3.88. The molecule has 0 saturated carbocycles. The maximum atomic E-state index is 12.8. The van der Waals surface area contributed by atoms with Crippen LogP contribution in [0.5, 0.6) is 0 Å². The zero-order valence-electron chi connectivity index (χ0n) is 14.8. The summed E-state index contributed by atoms with van der Waals surface area (Å²) in [6, 6.07) is 13.2. The van der Waals surface area contributed by atoms with Gasteiger partial charge in [-0.3, -0.25) is 13.9 Å². The van der Waals surface area contributed by atoms with Crippen LogP contribution in [0.3, 0.4) is 0 Å². The summed E-state index contributed by atoms with van der Waals surface area (Å²) in [5.74, 6) is -1.48. The third kappa shape index (κ3) is 3.50. The molecule has 3 aromatic rings. The molecule has 29 heavy (non-hydrogen) atoms. The van der Waals surface area contributed by atoms with Gasteiger partial charge in [0.25, 0.3) is 15.9 Å². The van der Waals surface area contributed by atoms with Crippen molar-refractivity contribution < 1.29 is 22.7 Å². The van der Waals surface area contributed by atoms with Crippen molar-refractivity contribution in [1.82, 2.24) is 4.98 Å². The Morgan fingerprint density at radius 2 is 1.86 bits per heavy atom. The van der Waals surface area contributed by atoms with E-state index in [1.165, 1.54) is 12.3 Å². The standard InChI is InChI=1S/C19H14ClN3O5S/c20-19-13(6-3-9-21-19)22-16(24)11-28-17(25)10-23-14-7-1-4-12-5-2-8-15(18(12)14)29(23,26)27/h1-9H,10-11H2,(H,22,24). The molecule has 1 aliphatic rings. The van der Waals surface area contributed by atoms with Crippen LogP contribution in [-0.4, -0.2) is 38.4 Å². The summed E-state index contributed by atoms with van der Waals surface area (Å²) in [7, 11) is -3.88. The van der Waals surface area contributed by atoms with E-state index in [0.717, 1.165) is 9.69 Å². The van der Waals surface area contributed by atoms with Gasteiger partial charge in [0.1, 0.15) is 6.54 Å². The first-order valence-electron chi connectivity index (χ1n) is 8.48. The average Bonchev–Trinajstić information content (AvgIpc) is 2.92. The Kier molecular flexibility index (Phi) is 4.85. The molecule has 4 rings (SSSR count). The largest absolute Gasteiger partial charge is 0.454 e. The minimum atomic E-state index is -3.88. The quantitative estimate of drug-likeness (QED) is 0.491. The van der Waals surface area contributed by atoms with Gasteiger partial charge in [-0.15, -0.1) is 0 Å². The van der Waals surface area contributed by atoms with Gasteiger partial charge in [0.15, 0.2) is 11.8 Å². The monoisotopic (exact) mass is 431 g/mol. The zero-order chi connectivity index (χ0) is 20.6. The number of halogens is 1. The summed E-state index contributed by atoms with van der Waals surface area (Å²) in [6.45, 7) is -1.13. The Morgan fingerprint density at radius 1 is 1.10 bits per heavy atom. The molecule has 1 aromatic heterocycles. The van der Waals surface area contributed by atoms with Crippen LogP contribution in [0.2, 0.25) is 5.15 Å². The van der Waals surface area contributed by atoms with Crippen molar-refractivity contribution in [2.45, 2.75) is 4.90 Å². The lowest BCUT2D eigenvalue weighted by molar-refractivity contribution is -0.145. The average molecular weight is 432 g/mol. The molecule has 148 valence electrons. The number of rotatable bonds is 5. The number of amides is 1. The topological polar surface area (TPSA) is 106 Å². The SMILES string of the molecule is O=C(COC(=O)CN1c2cccc3cccc(c23)S1(=O)=O)Nc1cccnc1Cl. The van der Waals surface area contributed by atoms with Crippen LogP contribution >= 0.6 is 11.6 Å². The molecular formula is C19H14ClN3O5S. The van der Waals surface area contributed by atoms with Crippen LogP contribution < -0.4 is 9.62 Å². The zero-order valence-corrected chi connectivity index (χ0v) is 16.4. The van der Waals surface area contributed by atoms with Crippen molar-refractivity contribution >= 4 is 55.6 Å². The summed E-state index contributed by atoms with van der Waals surface area (Å²) in [4.78, 5) is 28.2. The van der Waals surface area contributed by atoms with Gasteiger partial charge in [-0.25, -0.2) is 13.4 Å². The summed E-state index contributed by atoms with van der Waals surface area (Å²) in [6.07, 6.45) is 1.47. The first-order valence-corrected chi connectivity index (χ1v) is 10.3. The van der Waals surface area contributed by atoms with Gasteiger partial charge in [-0.1, -0.05) is 35.9 Å². The highest BCUT2D eigenvalue weighted by Gasteiger charge is 2.37. The van der Waals surface area contributed by atoms with Gasteiger partial charge in [0.05, 0.1) is 16.3 Å². The Labute approximate surface area is 171 Å². The molecule has 1 amide bonds. The molecular weight excluding hydrogens is 418 g/mol. The highest BCUT2D eigenvalue weighted by Crippen LogP contribution is 2.41. The predicted molar refractivity (Wildman–Crippen MR) is 107 cm³/mol. The normalized spacial score (nSPS) is 14.0. The number of hydrogen-bond donors (Lipinski definition) is 1. The molecule has 0 atom stereocenters. The fourth-order valence-corrected chi connectivity index (χ4v) is 4.92. The number of carbonyl (C=O) groups is 2. The van der Waals surface area contributed by atoms with Gasteiger partial charge in [-0.05, 0) is 29.7 Å². The Bertz CT molecular complexity index is 1240. The number of nitrogens with zero attached hydrogens (tertiary/aromatic N) is 2. The van der Waals surface area contributed by atoms with Crippen LogP contribution in [0.25, 0.3) is 10.8 Å². The molecule has 0 unspecified atom stereocenters. The number of carbonyl (C=O) groups excluding carboxylic acids is 2. The first kappa shape index (κ1) is 19.2. The van der Waals surface area contributed by atoms with E-state index in [-0.39, 0.29) is 15.7 Å². The minimum Gasteiger partial charge on any atom is -0.454 e. The number of sulfonamides is 1. The molecule has 0 radical (unpaired) electrons. The van der Waals surface area contributed by atoms with Gasteiger partial charge in [0.2, 0.25) is 0 Å². The summed E-state index contributed by atoms with van der Waals surface area (Å²) in [5.41, 5.74) is 0.682. The Morgan fingerprint density at radius 3 is 2.62 bits per heavy atom. The first-order chi connectivity index (χ1) is 13.9. The predicted octanol–water partition coefficient (Wildman–Crippen LogP) is 2.58. The number of anilines is 2. The fraction of sp³-hybridized carbons (Fsp3) is 0.105. The van der Waals surface area contributed by atoms with E-state index in [0.29, 0.717) is 11.1 Å². The molecule has 0 bridgehead atoms. The number of ether oxygens (including phenoxy) is 1. The second kappa shape index (κ2) is 7.34. The van der Waals surface area contributed by atoms with Crippen molar-refractivity contribution in [3.8, 4) is 0 Å². The Balaban J connectivity index is 1.45. The van der Waals surface area contributed by atoms with Crippen molar-refractivity contribution in [2.75, 3.05) is 22.8 Å². The molecule has 0 aliphatic carbocycles. The van der Waals surface area contributed by atoms with E-state index in [9.17, 15) is 18.0 Å². The van der Waals surface area contributed by atoms with Crippen molar-refractivity contribution in [1.29, 1.82) is 0 Å². The van der Waals surface area contributed by atoms with Gasteiger partial charge >= 0.3 is 5.97 Å². The molecule has 8 nitrogen and oxygen atoms in total. The third-order valence-electron chi connectivity index (χ3n) is 4.35. The van der Waals surface area contributed by atoms with Gasteiger partial charge in [-0.2, -0.15) is 0 Å². The number of benzene rings is 2. The van der Waals surface area contributed by atoms with E-state index < -0.39 is 35.1 Å². The molecule has 10 heteroatoms. The molecule has 0 saturated heterocycles. The second-order valence-corrected chi connectivity index (χ2v) is 8.38. The highest BCUT2D eigenvalue weighted by atomic mass is 35.5. The molecule has 2 aromatic carbocycles. The molecule has 1 aliphatic heterocycles. The Hall–Kier alpha value is -3.17. The number of hydrogen-bond acceptors (Lipinski definition) is 6. The maximum Gasteiger partial charge on any atom is 0.327 e. The van der Waals surface area contributed by atoms with Gasteiger partial charge < -0.3 is 10.1 Å². The lowest BCUT2D eigenvalue weighted by Crippen LogP contribution is -2.34. The van der Waals surface area contributed by atoms with Crippen LogP contribution in [0.1, 0.15) is 0 Å².